The molecule has 0 saturated carbocycles. The highest BCUT2D eigenvalue weighted by atomic mass is 32.1. The molecule has 1 aliphatic rings. The second kappa shape index (κ2) is 8.45. The molecule has 156 valence electrons. The van der Waals surface area contributed by atoms with Crippen LogP contribution in [-0.2, 0) is 4.74 Å². The smallest absolute Gasteiger partial charge is 0.170 e. The molecule has 2 N–H and O–H groups in total. The molecule has 0 amide bonds. The van der Waals surface area contributed by atoms with Crippen molar-refractivity contribution >= 4 is 17.3 Å². The van der Waals surface area contributed by atoms with Crippen molar-refractivity contribution in [3.63, 3.8) is 0 Å². The van der Waals surface area contributed by atoms with Crippen LogP contribution in [0.3, 0.4) is 0 Å². The summed E-state index contributed by atoms with van der Waals surface area (Å²) >= 11 is 5.69. The Labute approximate surface area is 182 Å². The van der Waals surface area contributed by atoms with Crippen molar-refractivity contribution in [1.29, 1.82) is 0 Å². The maximum Gasteiger partial charge on any atom is 0.170 e. The molecule has 0 unspecified atom stereocenters. The number of rotatable bonds is 6. The molecular weight excluding hydrogens is 396 g/mol. The van der Waals surface area contributed by atoms with E-state index in [9.17, 15) is 5.11 Å². The number of nitrogens with zero attached hydrogens (tertiary/aromatic N) is 3. The van der Waals surface area contributed by atoms with Gasteiger partial charge in [-0.2, -0.15) is 0 Å². The lowest BCUT2D eigenvalue weighted by Gasteiger charge is -2.28. The minimum atomic E-state index is -0.0751. The van der Waals surface area contributed by atoms with Gasteiger partial charge in [-0.3, -0.25) is 4.98 Å². The van der Waals surface area contributed by atoms with Gasteiger partial charge in [0.1, 0.15) is 5.75 Å². The minimum absolute atomic E-state index is 0.0339. The van der Waals surface area contributed by atoms with E-state index in [2.05, 4.69) is 39.7 Å². The van der Waals surface area contributed by atoms with Crippen LogP contribution in [0.15, 0.2) is 54.7 Å². The van der Waals surface area contributed by atoms with Crippen LogP contribution in [0.2, 0.25) is 0 Å². The third-order valence-electron chi connectivity index (χ3n) is 5.65. The lowest BCUT2D eigenvalue weighted by atomic mass is 9.97. The average molecular weight is 423 g/mol. The van der Waals surface area contributed by atoms with Gasteiger partial charge >= 0.3 is 0 Å². The Morgan fingerprint density at radius 2 is 1.93 bits per heavy atom. The zero-order valence-corrected chi connectivity index (χ0v) is 18.2. The summed E-state index contributed by atoms with van der Waals surface area (Å²) in [6.07, 6.45) is 1.81. The monoisotopic (exact) mass is 422 g/mol. The number of phenolic OH excluding ortho intramolecular Hbond substituents is 1. The van der Waals surface area contributed by atoms with Gasteiger partial charge in [-0.15, -0.1) is 0 Å². The molecule has 2 aromatic heterocycles. The van der Waals surface area contributed by atoms with Gasteiger partial charge in [0, 0.05) is 31.2 Å². The molecule has 2 atom stereocenters. The summed E-state index contributed by atoms with van der Waals surface area (Å²) in [5.74, 6) is 0.253. The van der Waals surface area contributed by atoms with Gasteiger partial charge in [-0.1, -0.05) is 18.2 Å². The van der Waals surface area contributed by atoms with Crippen molar-refractivity contribution < 1.29 is 9.84 Å². The molecule has 0 spiro atoms. The number of nitrogens with one attached hydrogen (secondary N) is 1. The molecule has 4 rings (SSSR count). The van der Waals surface area contributed by atoms with E-state index in [0.717, 1.165) is 28.3 Å². The van der Waals surface area contributed by atoms with Crippen LogP contribution in [0.4, 0.5) is 0 Å². The fraction of sp³-hybridized carbons (Fsp3) is 0.304. The lowest BCUT2D eigenvalue weighted by molar-refractivity contribution is 0.164. The molecular formula is C23H26N4O2S. The summed E-state index contributed by atoms with van der Waals surface area (Å²) in [4.78, 5) is 6.77. The van der Waals surface area contributed by atoms with Crippen LogP contribution in [0, 0.1) is 13.8 Å². The lowest BCUT2D eigenvalue weighted by Crippen LogP contribution is -2.32. The number of phenols is 1. The molecule has 0 radical (unpaired) electrons. The molecule has 1 aliphatic heterocycles. The number of aromatic nitrogens is 2. The molecule has 7 heteroatoms. The van der Waals surface area contributed by atoms with Gasteiger partial charge in [-0.05, 0) is 62.0 Å². The highest BCUT2D eigenvalue weighted by molar-refractivity contribution is 7.80. The molecule has 30 heavy (non-hydrogen) atoms. The van der Waals surface area contributed by atoms with Crippen LogP contribution >= 0.6 is 12.2 Å². The summed E-state index contributed by atoms with van der Waals surface area (Å²) in [6, 6.07) is 15.4. The van der Waals surface area contributed by atoms with Crippen LogP contribution in [0.5, 0.6) is 5.75 Å². The number of ether oxygens (including phenoxy) is 1. The molecule has 1 saturated heterocycles. The SMILES string of the molecule is COCCN1C(=S)N[C@H](c2ccccn2)[C@@H]1c1cc(C)n(-c2ccccc2O)c1C. The first kappa shape index (κ1) is 20.4. The second-order valence-corrected chi connectivity index (χ2v) is 7.85. The Morgan fingerprint density at radius 1 is 1.17 bits per heavy atom. The topological polar surface area (TPSA) is 62.5 Å². The molecule has 1 fully saturated rings. The van der Waals surface area contributed by atoms with Crippen molar-refractivity contribution in [2.75, 3.05) is 20.3 Å². The Hall–Kier alpha value is -2.90. The largest absolute Gasteiger partial charge is 0.506 e. The molecule has 6 nitrogen and oxygen atoms in total. The van der Waals surface area contributed by atoms with E-state index in [4.69, 9.17) is 17.0 Å². The normalized spacial score (nSPS) is 18.6. The number of thiocarbonyl (C=S) groups is 1. The highest BCUT2D eigenvalue weighted by Crippen LogP contribution is 2.41. The van der Waals surface area contributed by atoms with E-state index < -0.39 is 0 Å². The van der Waals surface area contributed by atoms with Crippen molar-refractivity contribution in [1.82, 2.24) is 19.8 Å². The fourth-order valence-corrected chi connectivity index (χ4v) is 4.62. The number of benzene rings is 1. The summed E-state index contributed by atoms with van der Waals surface area (Å²) in [5, 5.41) is 14.6. The predicted molar refractivity (Wildman–Crippen MR) is 121 cm³/mol. The quantitative estimate of drug-likeness (QED) is 0.589. The Bertz CT molecular complexity index is 1050. The van der Waals surface area contributed by atoms with Gasteiger partial charge in [0.15, 0.2) is 5.11 Å². The second-order valence-electron chi connectivity index (χ2n) is 7.46. The predicted octanol–water partition coefficient (Wildman–Crippen LogP) is 3.81. The van der Waals surface area contributed by atoms with Crippen molar-refractivity contribution in [3.05, 3.63) is 77.4 Å². The number of methoxy groups -OCH3 is 1. The maximum absolute atomic E-state index is 10.4. The summed E-state index contributed by atoms with van der Waals surface area (Å²) < 4.78 is 7.43. The van der Waals surface area contributed by atoms with Gasteiger partial charge in [0.05, 0.1) is 30.1 Å². The van der Waals surface area contributed by atoms with E-state index in [0.29, 0.717) is 18.3 Å². The molecule has 1 aromatic carbocycles. The fourth-order valence-electron chi connectivity index (χ4n) is 4.29. The first-order valence-electron chi connectivity index (χ1n) is 9.97. The maximum atomic E-state index is 10.4. The Morgan fingerprint density at radius 3 is 2.63 bits per heavy atom. The number of hydrogen-bond donors (Lipinski definition) is 2. The van der Waals surface area contributed by atoms with Gasteiger partial charge < -0.3 is 24.6 Å². The zero-order chi connectivity index (χ0) is 21.3. The molecule has 3 heterocycles. The number of aryl methyl sites for hydroxylation is 1. The van der Waals surface area contributed by atoms with Crippen LogP contribution in [0.25, 0.3) is 5.69 Å². The van der Waals surface area contributed by atoms with Gasteiger partial charge in [0.25, 0.3) is 0 Å². The number of hydrogen-bond acceptors (Lipinski definition) is 4. The number of aromatic hydroxyl groups is 1. The molecule has 0 bridgehead atoms. The van der Waals surface area contributed by atoms with Gasteiger partial charge in [-0.25, -0.2) is 0 Å². The Kier molecular flexibility index (Phi) is 5.74. The van der Waals surface area contributed by atoms with Crippen LogP contribution in [-0.4, -0.2) is 44.9 Å². The summed E-state index contributed by atoms with van der Waals surface area (Å²) in [7, 11) is 1.70. The van der Waals surface area contributed by atoms with E-state index in [1.54, 1.807) is 19.4 Å². The third kappa shape index (κ3) is 3.55. The van der Waals surface area contributed by atoms with Crippen molar-refractivity contribution in [2.45, 2.75) is 25.9 Å². The average Bonchev–Trinajstić information content (AvgIpc) is 3.23. The van der Waals surface area contributed by atoms with E-state index in [1.165, 1.54) is 0 Å². The zero-order valence-electron chi connectivity index (χ0n) is 17.4. The minimum Gasteiger partial charge on any atom is -0.506 e. The van der Waals surface area contributed by atoms with Gasteiger partial charge in [0.2, 0.25) is 0 Å². The van der Waals surface area contributed by atoms with Crippen molar-refractivity contribution in [2.24, 2.45) is 0 Å². The first-order valence-corrected chi connectivity index (χ1v) is 10.4. The van der Waals surface area contributed by atoms with E-state index in [1.807, 2.05) is 36.4 Å². The van der Waals surface area contributed by atoms with Crippen LogP contribution < -0.4 is 5.32 Å². The Balaban J connectivity index is 1.83. The highest BCUT2D eigenvalue weighted by Gasteiger charge is 2.41. The number of para-hydroxylation sites is 2. The third-order valence-corrected chi connectivity index (χ3v) is 6.00. The van der Waals surface area contributed by atoms with Crippen LogP contribution in [0.1, 0.15) is 34.7 Å². The summed E-state index contributed by atoms with van der Waals surface area (Å²) in [6.45, 7) is 5.39. The summed E-state index contributed by atoms with van der Waals surface area (Å²) in [5.41, 5.74) is 4.97. The molecule has 3 aromatic rings. The van der Waals surface area contributed by atoms with E-state index >= 15 is 0 Å². The first-order chi connectivity index (χ1) is 14.5. The standard InChI is InChI=1S/C23H26N4O2S/c1-15-14-17(16(2)27(15)19-9-4-5-10-20(19)28)22-21(18-8-6-7-11-24-18)25-23(30)26(22)12-13-29-3/h4-11,14,21-22,28H,12-13H2,1-3H3,(H,25,30)/t21-,22+/m1/s1. The van der Waals surface area contributed by atoms with E-state index in [-0.39, 0.29) is 17.8 Å². The van der Waals surface area contributed by atoms with Crippen molar-refractivity contribution in [3.8, 4) is 11.4 Å². The molecule has 0 aliphatic carbocycles. The number of pyridine rings is 1.